The van der Waals surface area contributed by atoms with Crippen LogP contribution in [0, 0.1) is 11.6 Å². The summed E-state index contributed by atoms with van der Waals surface area (Å²) in [6, 6.07) is 4.17. The molecule has 2 aliphatic heterocycles. The van der Waals surface area contributed by atoms with Crippen LogP contribution in [0.5, 0.6) is 0 Å². The second-order valence-corrected chi connectivity index (χ2v) is 6.51. The lowest BCUT2D eigenvalue weighted by Gasteiger charge is -2.32. The van der Waals surface area contributed by atoms with Crippen molar-refractivity contribution in [2.75, 3.05) is 32.8 Å². The smallest absolute Gasteiger partial charge is 0.159 e. The molecular formula is C18H25F2NO2. The standard InChI is InChI=1S/C18H25F2NO2/c19-17-4-3-14(12-18(17)20)5-8-21-9-6-15(7-10-21)23-13-16-2-1-11-22-16/h3-4,12,15-16H,1-2,5-11,13H2. The molecule has 1 aromatic rings. The first-order chi connectivity index (χ1) is 11.2. The number of ether oxygens (including phenoxy) is 2. The van der Waals surface area contributed by atoms with Crippen LogP contribution in [0.15, 0.2) is 18.2 Å². The van der Waals surface area contributed by atoms with Crippen molar-refractivity contribution in [1.29, 1.82) is 0 Å². The zero-order valence-corrected chi connectivity index (χ0v) is 13.5. The molecule has 1 unspecified atom stereocenters. The number of likely N-dealkylation sites (tertiary alicyclic amines) is 1. The Kier molecular flexibility index (Phi) is 5.97. The molecule has 2 fully saturated rings. The maximum absolute atomic E-state index is 13.2. The summed E-state index contributed by atoms with van der Waals surface area (Å²) < 4.78 is 37.6. The molecule has 3 nitrogen and oxygen atoms in total. The third kappa shape index (κ3) is 4.96. The van der Waals surface area contributed by atoms with Gasteiger partial charge in [-0.25, -0.2) is 8.78 Å². The Balaban J connectivity index is 1.34. The van der Waals surface area contributed by atoms with Crippen molar-refractivity contribution in [2.24, 2.45) is 0 Å². The van der Waals surface area contributed by atoms with E-state index in [0.29, 0.717) is 12.2 Å². The van der Waals surface area contributed by atoms with Crippen LogP contribution < -0.4 is 0 Å². The van der Waals surface area contributed by atoms with Crippen molar-refractivity contribution in [1.82, 2.24) is 4.90 Å². The largest absolute Gasteiger partial charge is 0.376 e. The predicted octanol–water partition coefficient (Wildman–Crippen LogP) is 3.17. The van der Waals surface area contributed by atoms with Gasteiger partial charge in [-0.3, -0.25) is 0 Å². The van der Waals surface area contributed by atoms with Gasteiger partial charge >= 0.3 is 0 Å². The molecule has 0 saturated carbocycles. The minimum absolute atomic E-state index is 0.293. The number of hydrogen-bond donors (Lipinski definition) is 0. The van der Waals surface area contributed by atoms with E-state index >= 15 is 0 Å². The summed E-state index contributed by atoms with van der Waals surface area (Å²) in [5.41, 5.74) is 0.848. The van der Waals surface area contributed by atoms with Crippen LogP contribution in [-0.4, -0.2) is 50.0 Å². The predicted molar refractivity (Wildman–Crippen MR) is 84.5 cm³/mol. The SMILES string of the molecule is Fc1ccc(CCN2CCC(OCC3CCCO3)CC2)cc1F. The molecule has 3 rings (SSSR count). The molecule has 0 aliphatic carbocycles. The normalized spacial score (nSPS) is 23.5. The lowest BCUT2D eigenvalue weighted by atomic mass is 10.1. The van der Waals surface area contributed by atoms with Crippen LogP contribution in [0.3, 0.4) is 0 Å². The fourth-order valence-corrected chi connectivity index (χ4v) is 3.30. The van der Waals surface area contributed by atoms with E-state index in [1.807, 2.05) is 0 Å². The first-order valence-electron chi connectivity index (χ1n) is 8.60. The van der Waals surface area contributed by atoms with Gasteiger partial charge in [0.15, 0.2) is 11.6 Å². The van der Waals surface area contributed by atoms with E-state index in [0.717, 1.165) is 70.5 Å². The van der Waals surface area contributed by atoms with E-state index in [1.165, 1.54) is 12.1 Å². The highest BCUT2D eigenvalue weighted by Crippen LogP contribution is 2.18. The van der Waals surface area contributed by atoms with E-state index in [1.54, 1.807) is 6.07 Å². The van der Waals surface area contributed by atoms with Gasteiger partial charge in [-0.15, -0.1) is 0 Å². The molecule has 0 bridgehead atoms. The molecule has 5 heteroatoms. The van der Waals surface area contributed by atoms with Crippen LogP contribution in [0.4, 0.5) is 8.78 Å². The van der Waals surface area contributed by atoms with Gasteiger partial charge in [0.2, 0.25) is 0 Å². The van der Waals surface area contributed by atoms with E-state index < -0.39 is 11.6 Å². The van der Waals surface area contributed by atoms with E-state index in [4.69, 9.17) is 9.47 Å². The van der Waals surface area contributed by atoms with E-state index in [9.17, 15) is 8.78 Å². The molecule has 0 N–H and O–H groups in total. The van der Waals surface area contributed by atoms with Crippen molar-refractivity contribution < 1.29 is 18.3 Å². The average molecular weight is 325 g/mol. The lowest BCUT2D eigenvalue weighted by Crippen LogP contribution is -2.38. The molecule has 1 aromatic carbocycles. The van der Waals surface area contributed by atoms with Gasteiger partial charge in [0.05, 0.1) is 18.8 Å². The first-order valence-corrected chi connectivity index (χ1v) is 8.60. The molecule has 2 heterocycles. The Morgan fingerprint density at radius 2 is 1.96 bits per heavy atom. The van der Waals surface area contributed by atoms with Crippen molar-refractivity contribution in [2.45, 2.75) is 44.3 Å². The Morgan fingerprint density at radius 3 is 2.65 bits per heavy atom. The van der Waals surface area contributed by atoms with Gasteiger partial charge in [0.25, 0.3) is 0 Å². The maximum atomic E-state index is 13.2. The Bertz CT molecular complexity index is 498. The number of hydrogen-bond acceptors (Lipinski definition) is 3. The lowest BCUT2D eigenvalue weighted by molar-refractivity contribution is -0.0417. The van der Waals surface area contributed by atoms with Crippen LogP contribution in [-0.2, 0) is 15.9 Å². The molecule has 0 amide bonds. The molecule has 0 spiro atoms. The Labute approximate surface area is 136 Å². The van der Waals surface area contributed by atoms with Gasteiger partial charge < -0.3 is 14.4 Å². The van der Waals surface area contributed by atoms with Crippen LogP contribution in [0.2, 0.25) is 0 Å². The molecule has 128 valence electrons. The highest BCUT2D eigenvalue weighted by molar-refractivity contribution is 5.18. The van der Waals surface area contributed by atoms with Gasteiger partial charge in [-0.05, 0) is 49.8 Å². The summed E-state index contributed by atoms with van der Waals surface area (Å²) >= 11 is 0. The topological polar surface area (TPSA) is 21.7 Å². The summed E-state index contributed by atoms with van der Waals surface area (Å²) in [7, 11) is 0. The number of benzene rings is 1. The highest BCUT2D eigenvalue weighted by Gasteiger charge is 2.22. The van der Waals surface area contributed by atoms with Gasteiger partial charge in [0.1, 0.15) is 0 Å². The summed E-state index contributed by atoms with van der Waals surface area (Å²) in [4.78, 5) is 2.37. The minimum Gasteiger partial charge on any atom is -0.376 e. The van der Waals surface area contributed by atoms with E-state index in [2.05, 4.69) is 4.90 Å². The molecule has 0 radical (unpaired) electrons. The number of rotatable bonds is 6. The molecule has 2 saturated heterocycles. The van der Waals surface area contributed by atoms with Crippen molar-refractivity contribution >= 4 is 0 Å². The molecule has 1 atom stereocenters. The molecule has 2 aliphatic rings. The average Bonchev–Trinajstić information content (AvgIpc) is 3.08. The quantitative estimate of drug-likeness (QED) is 0.802. The first kappa shape index (κ1) is 16.8. The van der Waals surface area contributed by atoms with Crippen LogP contribution in [0.1, 0.15) is 31.2 Å². The summed E-state index contributed by atoms with van der Waals surface area (Å²) in [6.07, 6.45) is 5.71. The van der Waals surface area contributed by atoms with Crippen molar-refractivity contribution in [3.63, 3.8) is 0 Å². The minimum atomic E-state index is -0.780. The Hall–Kier alpha value is -1.04. The summed E-state index contributed by atoms with van der Waals surface area (Å²) in [5.74, 6) is -1.54. The fraction of sp³-hybridized carbons (Fsp3) is 0.667. The third-order valence-corrected chi connectivity index (χ3v) is 4.78. The zero-order chi connectivity index (χ0) is 16.1. The van der Waals surface area contributed by atoms with Gasteiger partial charge in [-0.1, -0.05) is 6.07 Å². The molecule has 0 aromatic heterocycles. The van der Waals surface area contributed by atoms with Crippen molar-refractivity contribution in [3.8, 4) is 0 Å². The number of halogens is 2. The van der Waals surface area contributed by atoms with Gasteiger partial charge in [-0.2, -0.15) is 0 Å². The summed E-state index contributed by atoms with van der Waals surface area (Å²) in [6.45, 7) is 4.47. The second kappa shape index (κ2) is 8.18. The van der Waals surface area contributed by atoms with Crippen LogP contribution >= 0.6 is 0 Å². The monoisotopic (exact) mass is 325 g/mol. The third-order valence-electron chi connectivity index (χ3n) is 4.78. The highest BCUT2D eigenvalue weighted by atomic mass is 19.2. The second-order valence-electron chi connectivity index (χ2n) is 6.51. The number of piperidine rings is 1. The maximum Gasteiger partial charge on any atom is 0.159 e. The van der Waals surface area contributed by atoms with Gasteiger partial charge in [0, 0.05) is 26.2 Å². The van der Waals surface area contributed by atoms with E-state index in [-0.39, 0.29) is 0 Å². The number of nitrogens with zero attached hydrogens (tertiary/aromatic N) is 1. The fourth-order valence-electron chi connectivity index (χ4n) is 3.30. The molecular weight excluding hydrogens is 300 g/mol. The van der Waals surface area contributed by atoms with Crippen molar-refractivity contribution in [3.05, 3.63) is 35.4 Å². The Morgan fingerprint density at radius 1 is 1.13 bits per heavy atom. The molecule has 23 heavy (non-hydrogen) atoms. The van der Waals surface area contributed by atoms with Crippen LogP contribution in [0.25, 0.3) is 0 Å². The zero-order valence-electron chi connectivity index (χ0n) is 13.5. The summed E-state index contributed by atoms with van der Waals surface area (Å²) in [5, 5.41) is 0.